The highest BCUT2D eigenvalue weighted by Crippen LogP contribution is 2.34. The van der Waals surface area contributed by atoms with Gasteiger partial charge in [-0.25, -0.2) is 0 Å². The van der Waals surface area contributed by atoms with Gasteiger partial charge in [0.1, 0.15) is 0 Å². The molecule has 1 fully saturated rings. The molecule has 2 aromatic heterocycles. The molecule has 5 rings (SSSR count). The smallest absolute Gasteiger partial charge is 0.247 e. The van der Waals surface area contributed by atoms with Crippen molar-refractivity contribution in [2.24, 2.45) is 0 Å². The summed E-state index contributed by atoms with van der Waals surface area (Å²) in [5.74, 6) is 0.872. The van der Waals surface area contributed by atoms with Crippen molar-refractivity contribution in [2.45, 2.75) is 42.7 Å². The molecule has 1 aliphatic heterocycles. The van der Waals surface area contributed by atoms with Gasteiger partial charge in [0.25, 0.3) is 0 Å². The van der Waals surface area contributed by atoms with Crippen LogP contribution in [0.15, 0.2) is 71.4 Å². The Labute approximate surface area is 221 Å². The van der Waals surface area contributed by atoms with Crippen molar-refractivity contribution in [3.63, 3.8) is 0 Å². The maximum atomic E-state index is 11.7. The van der Waals surface area contributed by atoms with E-state index in [0.717, 1.165) is 23.7 Å². The largest absolute Gasteiger partial charge is 0.324 e. The van der Waals surface area contributed by atoms with E-state index in [-0.39, 0.29) is 5.91 Å². The van der Waals surface area contributed by atoms with Crippen molar-refractivity contribution >= 4 is 40.6 Å². The van der Waals surface area contributed by atoms with Gasteiger partial charge in [0.05, 0.1) is 6.20 Å². The molecule has 1 aliphatic rings. The van der Waals surface area contributed by atoms with E-state index in [0.29, 0.717) is 28.4 Å². The molecule has 0 radical (unpaired) electrons. The number of likely N-dealkylation sites (tertiary alicyclic amines) is 1. The van der Waals surface area contributed by atoms with Crippen LogP contribution in [-0.2, 0) is 4.79 Å². The Balaban J connectivity index is 1.41. The molecule has 0 saturated carbocycles. The summed E-state index contributed by atoms with van der Waals surface area (Å²) >= 11 is 1.45. The molecule has 2 aromatic carbocycles. The second kappa shape index (κ2) is 10.7. The number of nitrogens with one attached hydrogen (secondary N) is 2. The molecule has 1 amide bonds. The quantitative estimate of drug-likeness (QED) is 0.312. The van der Waals surface area contributed by atoms with Gasteiger partial charge in [-0.1, -0.05) is 18.7 Å². The zero-order valence-corrected chi connectivity index (χ0v) is 22.2. The molecule has 0 bridgehead atoms. The maximum absolute atomic E-state index is 11.7. The fourth-order valence-corrected chi connectivity index (χ4v) is 5.61. The number of benzene rings is 2. The minimum absolute atomic E-state index is 0.252. The minimum atomic E-state index is -0.252. The monoisotopic (exact) mass is 513 g/mol. The lowest BCUT2D eigenvalue weighted by Gasteiger charge is -2.30. The van der Waals surface area contributed by atoms with Crippen molar-refractivity contribution in [3.8, 4) is 0 Å². The molecule has 0 unspecified atom stereocenters. The van der Waals surface area contributed by atoms with Crippen LogP contribution in [0, 0.1) is 13.8 Å². The number of carbonyl (C=O) groups is 1. The SMILES string of the molecule is C=CC(=O)Nc1cccc(Sc2nc(Nc3cc(C)c(C4CCN(C)CC4)cc3C)nc3ccnn23)c1. The Morgan fingerprint density at radius 2 is 1.92 bits per heavy atom. The first-order chi connectivity index (χ1) is 17.9. The zero-order chi connectivity index (χ0) is 25.9. The number of nitrogens with zero attached hydrogens (tertiary/aromatic N) is 5. The number of hydrogen-bond donors (Lipinski definition) is 2. The molecule has 8 nitrogen and oxygen atoms in total. The van der Waals surface area contributed by atoms with Crippen molar-refractivity contribution < 1.29 is 4.79 Å². The van der Waals surface area contributed by atoms with E-state index in [1.807, 2.05) is 30.3 Å². The predicted molar refractivity (Wildman–Crippen MR) is 149 cm³/mol. The van der Waals surface area contributed by atoms with Crippen LogP contribution in [0.1, 0.15) is 35.4 Å². The van der Waals surface area contributed by atoms with Crippen LogP contribution in [0.3, 0.4) is 0 Å². The summed E-state index contributed by atoms with van der Waals surface area (Å²) in [4.78, 5) is 24.5. The van der Waals surface area contributed by atoms with Crippen molar-refractivity contribution in [1.29, 1.82) is 0 Å². The van der Waals surface area contributed by atoms with Gasteiger partial charge in [0.2, 0.25) is 11.9 Å². The molecule has 0 spiro atoms. The lowest BCUT2D eigenvalue weighted by atomic mass is 9.86. The number of piperidine rings is 1. The Morgan fingerprint density at radius 3 is 2.70 bits per heavy atom. The van der Waals surface area contributed by atoms with Gasteiger partial charge in [-0.2, -0.15) is 19.6 Å². The third kappa shape index (κ3) is 5.68. The van der Waals surface area contributed by atoms with E-state index in [9.17, 15) is 4.79 Å². The van der Waals surface area contributed by atoms with Gasteiger partial charge < -0.3 is 15.5 Å². The molecule has 9 heteroatoms. The lowest BCUT2D eigenvalue weighted by Crippen LogP contribution is -2.29. The number of aromatic nitrogens is 4. The van der Waals surface area contributed by atoms with E-state index >= 15 is 0 Å². The molecule has 0 aliphatic carbocycles. The number of carbonyl (C=O) groups excluding carboxylic acids is 1. The Kier molecular flexibility index (Phi) is 7.25. The standard InChI is InChI=1S/C28H31N7OS/c1-5-26(36)30-21-7-6-8-22(17-21)37-28-33-27(32-25-9-12-29-35(25)28)31-24-16-18(2)23(15-19(24)3)20-10-13-34(4)14-11-20/h5-9,12,15-17,20H,1,10-11,13-14H2,2-4H3,(H,30,36)(H,31,32). The Bertz CT molecular complexity index is 1460. The molecular formula is C28H31N7OS. The van der Waals surface area contributed by atoms with E-state index in [1.54, 1.807) is 10.7 Å². The van der Waals surface area contributed by atoms with Crippen molar-refractivity contribution in [1.82, 2.24) is 24.5 Å². The molecule has 1 saturated heterocycles. The van der Waals surface area contributed by atoms with Gasteiger partial charge >= 0.3 is 0 Å². The Morgan fingerprint density at radius 1 is 1.11 bits per heavy atom. The van der Waals surface area contributed by atoms with E-state index in [1.165, 1.54) is 47.4 Å². The lowest BCUT2D eigenvalue weighted by molar-refractivity contribution is -0.111. The summed E-state index contributed by atoms with van der Waals surface area (Å²) in [6.07, 6.45) is 5.36. The first-order valence-electron chi connectivity index (χ1n) is 12.4. The van der Waals surface area contributed by atoms with E-state index in [4.69, 9.17) is 4.98 Å². The summed E-state index contributed by atoms with van der Waals surface area (Å²) in [5.41, 5.74) is 6.31. The van der Waals surface area contributed by atoms with Gasteiger partial charge in [-0.15, -0.1) is 0 Å². The number of aryl methyl sites for hydroxylation is 2. The molecule has 2 N–H and O–H groups in total. The van der Waals surface area contributed by atoms with E-state index in [2.05, 4.69) is 65.2 Å². The van der Waals surface area contributed by atoms with Crippen molar-refractivity contribution in [2.75, 3.05) is 30.8 Å². The zero-order valence-electron chi connectivity index (χ0n) is 21.4. The van der Waals surface area contributed by atoms with Crippen LogP contribution in [0.4, 0.5) is 17.3 Å². The molecule has 37 heavy (non-hydrogen) atoms. The summed E-state index contributed by atoms with van der Waals surface area (Å²) in [5, 5.41) is 11.3. The second-order valence-corrected chi connectivity index (χ2v) is 10.5. The van der Waals surface area contributed by atoms with Gasteiger partial charge in [-0.05, 0) is 112 Å². The van der Waals surface area contributed by atoms with Gasteiger partial charge in [-0.3, -0.25) is 4.79 Å². The van der Waals surface area contributed by atoms with Crippen LogP contribution < -0.4 is 10.6 Å². The normalized spacial score (nSPS) is 14.6. The first kappa shape index (κ1) is 25.0. The predicted octanol–water partition coefficient (Wildman–Crippen LogP) is 5.57. The molecule has 0 atom stereocenters. The second-order valence-electron chi connectivity index (χ2n) is 9.48. The third-order valence-corrected chi connectivity index (χ3v) is 7.68. The average Bonchev–Trinajstić information content (AvgIpc) is 3.36. The molecular weight excluding hydrogens is 482 g/mol. The summed E-state index contributed by atoms with van der Waals surface area (Å²) in [6.45, 7) is 10.1. The summed E-state index contributed by atoms with van der Waals surface area (Å²) in [7, 11) is 2.20. The van der Waals surface area contributed by atoms with Crippen LogP contribution >= 0.6 is 11.8 Å². The first-order valence-corrected chi connectivity index (χ1v) is 13.2. The fourth-order valence-electron chi connectivity index (χ4n) is 4.71. The highest BCUT2D eigenvalue weighted by Gasteiger charge is 2.21. The topological polar surface area (TPSA) is 87.5 Å². The fraction of sp³-hybridized carbons (Fsp3) is 0.286. The number of rotatable bonds is 7. The number of fused-ring (bicyclic) bond motifs is 1. The third-order valence-electron chi connectivity index (χ3n) is 6.74. The van der Waals surface area contributed by atoms with Crippen molar-refractivity contribution in [3.05, 3.63) is 78.0 Å². The van der Waals surface area contributed by atoms with E-state index < -0.39 is 0 Å². The molecule has 4 aromatic rings. The minimum Gasteiger partial charge on any atom is -0.324 e. The molecule has 190 valence electrons. The van der Waals surface area contributed by atoms with Crippen LogP contribution in [-0.4, -0.2) is 50.5 Å². The summed E-state index contributed by atoms with van der Waals surface area (Å²) < 4.78 is 1.71. The van der Waals surface area contributed by atoms with Crippen LogP contribution in [0.5, 0.6) is 0 Å². The van der Waals surface area contributed by atoms with Gasteiger partial charge in [0, 0.05) is 22.3 Å². The highest BCUT2D eigenvalue weighted by atomic mass is 32.2. The van der Waals surface area contributed by atoms with Crippen LogP contribution in [0.2, 0.25) is 0 Å². The molecule has 3 heterocycles. The number of anilines is 3. The van der Waals surface area contributed by atoms with Gasteiger partial charge in [0.15, 0.2) is 10.8 Å². The number of amides is 1. The Hall–Kier alpha value is -3.69. The highest BCUT2D eigenvalue weighted by molar-refractivity contribution is 7.99. The maximum Gasteiger partial charge on any atom is 0.247 e. The van der Waals surface area contributed by atoms with Crippen LogP contribution in [0.25, 0.3) is 5.65 Å². The average molecular weight is 514 g/mol. The number of hydrogen-bond acceptors (Lipinski definition) is 7. The summed E-state index contributed by atoms with van der Waals surface area (Å²) in [6, 6.07) is 14.0.